The number of rotatable bonds is 15. The lowest BCUT2D eigenvalue weighted by Crippen LogP contribution is -2.48. The molecule has 430 valence electrons. The highest BCUT2D eigenvalue weighted by Gasteiger charge is 2.58. The van der Waals surface area contributed by atoms with Crippen molar-refractivity contribution in [2.45, 2.75) is 104 Å². The number of piperazine rings is 2. The molecule has 0 radical (unpaired) electrons. The molecule has 7 aromatic rings. The second-order valence-electron chi connectivity index (χ2n) is 22.7. The van der Waals surface area contributed by atoms with Crippen LogP contribution < -0.4 is 25.1 Å². The lowest BCUT2D eigenvalue weighted by atomic mass is 9.79. The van der Waals surface area contributed by atoms with Gasteiger partial charge in [-0.2, -0.15) is 8.78 Å². The molecule has 3 fully saturated rings. The highest BCUT2D eigenvalue weighted by Crippen LogP contribution is 2.47. The Morgan fingerprint density at radius 2 is 1.01 bits per heavy atom. The Morgan fingerprint density at radius 3 is 1.40 bits per heavy atom. The summed E-state index contributed by atoms with van der Waals surface area (Å²) in [6.07, 6.45) is 1.38. The molecule has 3 N–H and O–H groups in total. The number of tetrazole rings is 1. The first-order valence-electron chi connectivity index (χ1n) is 27.4. The number of aliphatic hydroxyl groups is 3. The average molecular weight is 1110 g/mol. The topological polar surface area (TPSA) is 149 Å². The van der Waals surface area contributed by atoms with Gasteiger partial charge in [0.25, 0.3) is 0 Å². The second-order valence-corrected chi connectivity index (χ2v) is 22.7. The molecule has 0 bridgehead atoms. The van der Waals surface area contributed by atoms with Gasteiger partial charge in [0.1, 0.15) is 23.7 Å². The third kappa shape index (κ3) is 13.1. The number of alkyl halides is 2. The minimum absolute atomic E-state index is 0. The highest BCUT2D eigenvalue weighted by atomic mass is 19.3. The molecule has 0 spiro atoms. The first-order chi connectivity index (χ1) is 38.0. The van der Waals surface area contributed by atoms with E-state index in [0.29, 0.717) is 11.6 Å². The lowest BCUT2D eigenvalue weighted by Gasteiger charge is -2.37. The molecule has 0 amide bonds. The van der Waals surface area contributed by atoms with E-state index in [1.165, 1.54) is 23.6 Å². The van der Waals surface area contributed by atoms with Crippen molar-refractivity contribution in [1.29, 1.82) is 0 Å². The van der Waals surface area contributed by atoms with Gasteiger partial charge in [-0.15, -0.1) is 5.10 Å². The zero-order chi connectivity index (χ0) is 57.1. The number of halogens is 4. The van der Waals surface area contributed by atoms with Gasteiger partial charge in [-0.25, -0.2) is 13.5 Å². The van der Waals surface area contributed by atoms with E-state index in [1.54, 1.807) is 0 Å². The number of aromatic nitrogens is 5. The molecular weight excluding hydrogens is 1040 g/mol. The van der Waals surface area contributed by atoms with E-state index >= 15 is 8.78 Å². The van der Waals surface area contributed by atoms with E-state index in [-0.39, 0.29) is 37.6 Å². The zero-order valence-corrected chi connectivity index (χ0v) is 46.7. The molecule has 3 aliphatic rings. The van der Waals surface area contributed by atoms with Gasteiger partial charge >= 0.3 is 13.0 Å². The molecule has 0 aliphatic carbocycles. The van der Waals surface area contributed by atoms with Crippen LogP contribution in [0.15, 0.2) is 140 Å². The van der Waals surface area contributed by atoms with Crippen molar-refractivity contribution in [3.8, 4) is 11.1 Å². The minimum atomic E-state index is -4.14. The standard InChI is InChI=1S/C35H35F4N7O2.C26H37BN2O3.CH4/c1-23(2)33(47)25-5-11-29(12-6-25)45-17-15-44(16-18-45)28-9-3-24(4-10-28)26-7-14-32(40-20-26)35(38,39)34(48,21-46-22-41-42-43-46)30-13-8-27(36)19-31(30)37;1-19(2)24(30)20-7-11-22(12-8-20)28-15-17-29(18-16-28)23-13-9-21(10-14-23)27-31-25(3,4)26(5,6)32-27;/h3-14,19-20,22-23,33,47-48H,15-18,21H2,1-2H3;7-14,19,24,30H,15-18H2,1-6H3;1H4/t33?,34-;;/m0../s1. The Morgan fingerprint density at radius 1 is 0.593 bits per heavy atom. The molecular formula is C62H76BF4N9O5. The van der Waals surface area contributed by atoms with Crippen LogP contribution in [0.5, 0.6) is 0 Å². The summed E-state index contributed by atoms with van der Waals surface area (Å²) in [6.45, 7) is 22.7. The summed E-state index contributed by atoms with van der Waals surface area (Å²) in [7, 11) is -0.317. The fourth-order valence-corrected chi connectivity index (χ4v) is 10.3. The third-order valence-corrected chi connectivity index (χ3v) is 16.1. The summed E-state index contributed by atoms with van der Waals surface area (Å²) in [6, 6.07) is 37.3. The van der Waals surface area contributed by atoms with Crippen LogP contribution in [-0.4, -0.2) is 111 Å². The van der Waals surface area contributed by atoms with Gasteiger partial charge in [-0.1, -0.05) is 89.7 Å². The van der Waals surface area contributed by atoms with Crippen LogP contribution in [0.2, 0.25) is 0 Å². The van der Waals surface area contributed by atoms with E-state index in [0.717, 1.165) is 115 Å². The number of anilines is 4. The first kappa shape index (κ1) is 60.2. The Kier molecular flexibility index (Phi) is 18.3. The Labute approximate surface area is 474 Å². The van der Waals surface area contributed by atoms with E-state index in [4.69, 9.17) is 9.31 Å². The van der Waals surface area contributed by atoms with E-state index in [1.807, 2.05) is 64.1 Å². The number of nitrogens with zero attached hydrogens (tertiary/aromatic N) is 9. The van der Waals surface area contributed by atoms with Crippen LogP contribution in [0, 0.1) is 23.5 Å². The maximum absolute atomic E-state index is 16.1. The van der Waals surface area contributed by atoms with Gasteiger partial charge in [0.2, 0.25) is 0 Å². The molecule has 2 aromatic heterocycles. The molecule has 5 aromatic carbocycles. The van der Waals surface area contributed by atoms with Gasteiger partial charge in [0, 0.05) is 98.5 Å². The summed E-state index contributed by atoms with van der Waals surface area (Å²) in [5.74, 6) is -6.10. The monoisotopic (exact) mass is 1110 g/mol. The third-order valence-electron chi connectivity index (χ3n) is 16.1. The van der Waals surface area contributed by atoms with Crippen molar-refractivity contribution in [3.63, 3.8) is 0 Å². The van der Waals surface area contributed by atoms with Crippen LogP contribution in [0.25, 0.3) is 11.1 Å². The van der Waals surface area contributed by atoms with Gasteiger partial charge < -0.3 is 44.2 Å². The number of pyridine rings is 1. The van der Waals surface area contributed by atoms with Crippen LogP contribution in [-0.2, 0) is 27.4 Å². The molecule has 5 heterocycles. The molecule has 19 heteroatoms. The van der Waals surface area contributed by atoms with E-state index in [2.05, 4.69) is 128 Å². The van der Waals surface area contributed by atoms with Crippen molar-refractivity contribution in [2.75, 3.05) is 72.0 Å². The maximum Gasteiger partial charge on any atom is 0.494 e. The Hall–Kier alpha value is -6.90. The minimum Gasteiger partial charge on any atom is -0.399 e. The number of benzene rings is 5. The van der Waals surface area contributed by atoms with E-state index in [9.17, 15) is 24.1 Å². The molecule has 3 saturated heterocycles. The van der Waals surface area contributed by atoms with Crippen molar-refractivity contribution in [3.05, 3.63) is 174 Å². The van der Waals surface area contributed by atoms with Gasteiger partial charge in [0.15, 0.2) is 5.60 Å². The normalized spacial score (nSPS) is 17.8. The fourth-order valence-electron chi connectivity index (χ4n) is 10.3. The van der Waals surface area contributed by atoms with Crippen molar-refractivity contribution >= 4 is 35.3 Å². The Bertz CT molecular complexity index is 3110. The number of hydrogen-bond acceptors (Lipinski definition) is 13. The summed E-state index contributed by atoms with van der Waals surface area (Å²) in [5, 5.41) is 42.3. The first-order valence-corrected chi connectivity index (χ1v) is 27.4. The van der Waals surface area contributed by atoms with Gasteiger partial charge in [-0.3, -0.25) is 4.98 Å². The van der Waals surface area contributed by atoms with Crippen LogP contribution in [0.3, 0.4) is 0 Å². The van der Waals surface area contributed by atoms with Crippen molar-refractivity contribution in [1.82, 2.24) is 25.2 Å². The highest BCUT2D eigenvalue weighted by molar-refractivity contribution is 6.62. The molecule has 0 saturated carbocycles. The molecule has 10 rings (SSSR count). The molecule has 3 atom stereocenters. The zero-order valence-electron chi connectivity index (χ0n) is 46.7. The van der Waals surface area contributed by atoms with Gasteiger partial charge in [0.05, 0.1) is 30.0 Å². The summed E-state index contributed by atoms with van der Waals surface area (Å²) in [5.41, 5.74) is 3.38. The van der Waals surface area contributed by atoms with Gasteiger partial charge in [-0.05, 0) is 139 Å². The predicted octanol–water partition coefficient (Wildman–Crippen LogP) is 10.3. The predicted molar refractivity (Wildman–Crippen MR) is 312 cm³/mol. The van der Waals surface area contributed by atoms with Crippen molar-refractivity contribution in [2.24, 2.45) is 11.8 Å². The summed E-state index contributed by atoms with van der Waals surface area (Å²) >= 11 is 0. The quantitative estimate of drug-likeness (QED) is 0.0661. The van der Waals surface area contributed by atoms with Crippen LogP contribution >= 0.6 is 0 Å². The number of aliphatic hydroxyl groups excluding tert-OH is 2. The molecule has 3 aliphatic heterocycles. The SMILES string of the molecule is C.CC(C)C(O)c1ccc(N2CCN(c3ccc(-c4ccc(C(F)(F)[C@](O)(Cn5cnnn5)c5ccc(F)cc5F)nc4)cc3)CC2)cc1.CC(C)C(O)c1ccc(N2CCN(c3ccc(B4OC(C)(C)C(C)(C)O4)cc3)CC2)cc1. The van der Waals surface area contributed by atoms with Crippen molar-refractivity contribution < 1.29 is 42.2 Å². The van der Waals surface area contributed by atoms with Crippen LogP contribution in [0.4, 0.5) is 40.3 Å². The number of hydrogen-bond donors (Lipinski definition) is 3. The lowest BCUT2D eigenvalue weighted by molar-refractivity contribution is -0.207. The molecule has 14 nitrogen and oxygen atoms in total. The second kappa shape index (κ2) is 24.7. The largest absolute Gasteiger partial charge is 0.494 e. The van der Waals surface area contributed by atoms with Crippen LogP contribution in [0.1, 0.15) is 97.4 Å². The fraction of sp³-hybridized carbons (Fsp3) is 0.419. The maximum atomic E-state index is 16.1. The summed E-state index contributed by atoms with van der Waals surface area (Å²) in [4.78, 5) is 13.4. The molecule has 81 heavy (non-hydrogen) atoms. The Balaban J connectivity index is 0.000000227. The summed E-state index contributed by atoms with van der Waals surface area (Å²) < 4.78 is 73.8. The average Bonchev–Trinajstić information content (AvgIpc) is 4.00. The smallest absolute Gasteiger partial charge is 0.399 e. The molecule has 2 unspecified atom stereocenters. The van der Waals surface area contributed by atoms with E-state index < -0.39 is 53.2 Å².